The van der Waals surface area contributed by atoms with E-state index in [1.165, 1.54) is 0 Å². The summed E-state index contributed by atoms with van der Waals surface area (Å²) in [5.41, 5.74) is -0.0267. The van der Waals surface area contributed by atoms with E-state index in [-0.39, 0.29) is 11.3 Å². The van der Waals surface area contributed by atoms with Crippen molar-refractivity contribution in [2.75, 3.05) is 0 Å². The first kappa shape index (κ1) is 8.69. The van der Waals surface area contributed by atoms with Crippen LogP contribution in [0.5, 0.6) is 5.75 Å². The lowest BCUT2D eigenvalue weighted by molar-refractivity contribution is 0.112. The first-order valence-electron chi connectivity index (χ1n) is 4.09. The molecule has 14 heavy (non-hydrogen) atoms. The molecule has 0 saturated heterocycles. The van der Waals surface area contributed by atoms with Crippen molar-refractivity contribution in [1.29, 1.82) is 0 Å². The summed E-state index contributed by atoms with van der Waals surface area (Å²) >= 11 is 0. The molecule has 0 radical (unpaired) electrons. The molecular formula is C11H7FO2. The smallest absolute Gasteiger partial charge is 0.153 e. The van der Waals surface area contributed by atoms with E-state index in [0.717, 1.165) is 6.07 Å². The third-order valence-corrected chi connectivity index (χ3v) is 2.12. The van der Waals surface area contributed by atoms with Gasteiger partial charge in [0.05, 0.1) is 5.56 Å². The fourth-order valence-corrected chi connectivity index (χ4v) is 1.43. The normalized spacial score (nSPS) is 10.4. The van der Waals surface area contributed by atoms with Crippen molar-refractivity contribution < 1.29 is 14.3 Å². The molecule has 3 heteroatoms. The van der Waals surface area contributed by atoms with Crippen LogP contribution >= 0.6 is 0 Å². The van der Waals surface area contributed by atoms with E-state index in [0.29, 0.717) is 17.1 Å². The van der Waals surface area contributed by atoms with E-state index in [1.54, 1.807) is 24.3 Å². The molecule has 0 fully saturated rings. The van der Waals surface area contributed by atoms with E-state index in [9.17, 15) is 14.3 Å². The molecule has 2 aromatic rings. The van der Waals surface area contributed by atoms with Crippen molar-refractivity contribution in [2.24, 2.45) is 0 Å². The molecule has 2 nitrogen and oxygen atoms in total. The molecule has 0 saturated carbocycles. The molecule has 0 bridgehead atoms. The fraction of sp³-hybridized carbons (Fsp3) is 0. The van der Waals surface area contributed by atoms with Crippen LogP contribution in [0.25, 0.3) is 10.8 Å². The lowest BCUT2D eigenvalue weighted by atomic mass is 10.1. The van der Waals surface area contributed by atoms with Gasteiger partial charge in [-0.1, -0.05) is 24.3 Å². The zero-order valence-corrected chi connectivity index (χ0v) is 7.20. The Morgan fingerprint density at radius 3 is 2.50 bits per heavy atom. The molecule has 0 aliphatic heterocycles. The van der Waals surface area contributed by atoms with Gasteiger partial charge in [0.15, 0.2) is 6.29 Å². The first-order chi connectivity index (χ1) is 6.74. The van der Waals surface area contributed by atoms with Crippen LogP contribution in [0.1, 0.15) is 10.4 Å². The monoisotopic (exact) mass is 190 g/mol. The van der Waals surface area contributed by atoms with E-state index in [4.69, 9.17) is 0 Å². The molecule has 70 valence electrons. The van der Waals surface area contributed by atoms with Gasteiger partial charge in [0.2, 0.25) is 0 Å². The van der Waals surface area contributed by atoms with E-state index in [2.05, 4.69) is 0 Å². The Hall–Kier alpha value is -1.90. The van der Waals surface area contributed by atoms with Crippen LogP contribution in [-0.4, -0.2) is 11.4 Å². The van der Waals surface area contributed by atoms with Gasteiger partial charge >= 0.3 is 0 Å². The molecule has 0 atom stereocenters. The molecule has 1 N–H and O–H groups in total. The maximum atomic E-state index is 13.3. The number of phenols is 1. The van der Waals surface area contributed by atoms with Crippen molar-refractivity contribution in [2.45, 2.75) is 0 Å². The Morgan fingerprint density at radius 2 is 1.86 bits per heavy atom. The summed E-state index contributed by atoms with van der Waals surface area (Å²) in [7, 11) is 0. The van der Waals surface area contributed by atoms with Crippen LogP contribution in [0, 0.1) is 5.82 Å². The van der Waals surface area contributed by atoms with Crippen molar-refractivity contribution in [3.05, 3.63) is 41.7 Å². The number of hydrogen-bond acceptors (Lipinski definition) is 2. The Balaban J connectivity index is 2.94. The van der Waals surface area contributed by atoms with Crippen LogP contribution in [0.15, 0.2) is 30.3 Å². The van der Waals surface area contributed by atoms with Crippen molar-refractivity contribution in [1.82, 2.24) is 0 Å². The SMILES string of the molecule is O=Cc1cc(F)c2ccccc2c1O. The van der Waals surface area contributed by atoms with Gasteiger partial charge in [0.25, 0.3) is 0 Å². The number of halogens is 1. The number of aldehydes is 1. The van der Waals surface area contributed by atoms with Gasteiger partial charge in [-0.2, -0.15) is 0 Å². The maximum absolute atomic E-state index is 13.3. The predicted molar refractivity (Wildman–Crippen MR) is 51.0 cm³/mol. The lowest BCUT2D eigenvalue weighted by Gasteiger charge is -2.04. The number of carbonyl (C=O) groups is 1. The zero-order chi connectivity index (χ0) is 10.1. The number of aromatic hydroxyl groups is 1. The molecule has 0 aliphatic rings. The highest BCUT2D eigenvalue weighted by molar-refractivity contribution is 5.96. The van der Waals surface area contributed by atoms with Crippen LogP contribution in [0.4, 0.5) is 4.39 Å². The van der Waals surface area contributed by atoms with Crippen LogP contribution in [0.3, 0.4) is 0 Å². The Bertz CT molecular complexity index is 506. The minimum Gasteiger partial charge on any atom is -0.507 e. The number of hydrogen-bond donors (Lipinski definition) is 1. The second kappa shape index (κ2) is 3.10. The van der Waals surface area contributed by atoms with Gasteiger partial charge in [-0.15, -0.1) is 0 Å². The minimum atomic E-state index is -0.500. The highest BCUT2D eigenvalue weighted by atomic mass is 19.1. The highest BCUT2D eigenvalue weighted by Crippen LogP contribution is 2.29. The highest BCUT2D eigenvalue weighted by Gasteiger charge is 2.09. The van der Waals surface area contributed by atoms with Crippen molar-refractivity contribution >= 4 is 17.1 Å². The number of fused-ring (bicyclic) bond motifs is 1. The minimum absolute atomic E-state index is 0.0267. The molecule has 0 unspecified atom stereocenters. The molecule has 2 rings (SSSR count). The van der Waals surface area contributed by atoms with Gasteiger partial charge < -0.3 is 5.11 Å². The van der Waals surface area contributed by atoms with Gasteiger partial charge in [-0.05, 0) is 6.07 Å². The summed E-state index contributed by atoms with van der Waals surface area (Å²) in [5, 5.41) is 10.2. The average Bonchev–Trinajstić information content (AvgIpc) is 2.23. The number of carbonyl (C=O) groups excluding carboxylic acids is 1. The Morgan fingerprint density at radius 1 is 1.21 bits per heavy atom. The number of benzene rings is 2. The molecular weight excluding hydrogens is 183 g/mol. The number of phenolic OH excluding ortho intramolecular Hbond substituents is 1. The summed E-state index contributed by atoms with van der Waals surface area (Å²) < 4.78 is 13.3. The topological polar surface area (TPSA) is 37.3 Å². The van der Waals surface area contributed by atoms with Gasteiger partial charge in [0, 0.05) is 10.8 Å². The van der Waals surface area contributed by atoms with Crippen molar-refractivity contribution in [3.63, 3.8) is 0 Å². The second-order valence-corrected chi connectivity index (χ2v) is 2.96. The fourth-order valence-electron chi connectivity index (χ4n) is 1.43. The third kappa shape index (κ3) is 1.14. The van der Waals surface area contributed by atoms with Gasteiger partial charge in [0.1, 0.15) is 11.6 Å². The van der Waals surface area contributed by atoms with Gasteiger partial charge in [-0.3, -0.25) is 4.79 Å². The predicted octanol–water partition coefficient (Wildman–Crippen LogP) is 2.50. The van der Waals surface area contributed by atoms with E-state index >= 15 is 0 Å². The Kier molecular flexibility index (Phi) is 1.93. The Labute approximate surface area is 79.6 Å². The third-order valence-electron chi connectivity index (χ3n) is 2.12. The molecule has 0 spiro atoms. The lowest BCUT2D eigenvalue weighted by Crippen LogP contribution is -1.87. The van der Waals surface area contributed by atoms with E-state index in [1.807, 2.05) is 0 Å². The second-order valence-electron chi connectivity index (χ2n) is 2.96. The summed E-state index contributed by atoms with van der Waals surface area (Å²) in [6.07, 6.45) is 0.435. The molecule has 0 aromatic heterocycles. The standard InChI is InChI=1S/C11H7FO2/c12-10-5-7(6-13)11(14)9-4-2-1-3-8(9)10/h1-6,14H. The number of rotatable bonds is 1. The van der Waals surface area contributed by atoms with E-state index < -0.39 is 5.82 Å². The largest absolute Gasteiger partial charge is 0.507 e. The average molecular weight is 190 g/mol. The molecule has 0 aliphatic carbocycles. The molecule has 0 amide bonds. The van der Waals surface area contributed by atoms with Crippen LogP contribution in [0.2, 0.25) is 0 Å². The molecule has 2 aromatic carbocycles. The summed E-state index contributed by atoms with van der Waals surface area (Å²) in [5.74, 6) is -0.669. The zero-order valence-electron chi connectivity index (χ0n) is 7.20. The van der Waals surface area contributed by atoms with Crippen LogP contribution in [-0.2, 0) is 0 Å². The quantitative estimate of drug-likeness (QED) is 0.701. The van der Waals surface area contributed by atoms with Gasteiger partial charge in [-0.25, -0.2) is 4.39 Å². The molecule has 0 heterocycles. The first-order valence-corrected chi connectivity index (χ1v) is 4.09. The summed E-state index contributed by atoms with van der Waals surface area (Å²) in [6, 6.07) is 7.51. The summed E-state index contributed by atoms with van der Waals surface area (Å²) in [4.78, 5) is 10.5. The summed E-state index contributed by atoms with van der Waals surface area (Å²) in [6.45, 7) is 0. The van der Waals surface area contributed by atoms with Crippen molar-refractivity contribution in [3.8, 4) is 5.75 Å². The maximum Gasteiger partial charge on any atom is 0.153 e. The van der Waals surface area contributed by atoms with Crippen LogP contribution < -0.4 is 0 Å².